The average molecular weight is 545 g/mol. The molecule has 1 aliphatic rings. The number of pyridine rings is 2. The summed E-state index contributed by atoms with van der Waals surface area (Å²) in [5.74, 6) is 0.247. The summed E-state index contributed by atoms with van der Waals surface area (Å²) in [6.07, 6.45) is 11.8. The molecule has 4 aromatic heterocycles. The maximum absolute atomic E-state index is 14.0. The third kappa shape index (κ3) is 5.09. The minimum absolute atomic E-state index is 0.0495. The molecular formula is C33H29FN6O. The fourth-order valence-corrected chi connectivity index (χ4v) is 5.99. The van der Waals surface area contributed by atoms with E-state index in [1.54, 1.807) is 24.7 Å². The van der Waals surface area contributed by atoms with Crippen molar-refractivity contribution in [1.82, 2.24) is 25.1 Å². The number of nitrogens with one attached hydrogen (secondary N) is 3. The van der Waals surface area contributed by atoms with Gasteiger partial charge >= 0.3 is 0 Å². The van der Waals surface area contributed by atoms with Gasteiger partial charge in [0.05, 0.1) is 23.1 Å². The van der Waals surface area contributed by atoms with Gasteiger partial charge in [0.1, 0.15) is 17.2 Å². The van der Waals surface area contributed by atoms with E-state index in [1.807, 2.05) is 36.4 Å². The highest BCUT2D eigenvalue weighted by molar-refractivity contribution is 6.01. The molecule has 2 aromatic carbocycles. The highest BCUT2D eigenvalue weighted by atomic mass is 19.1. The average Bonchev–Trinajstić information content (AvgIpc) is 3.61. The Balaban J connectivity index is 1.19. The van der Waals surface area contributed by atoms with E-state index >= 15 is 0 Å². The number of halogens is 1. The molecular weight excluding hydrogens is 515 g/mol. The Morgan fingerprint density at radius 3 is 2.71 bits per heavy atom. The molecule has 0 radical (unpaired) electrons. The largest absolute Gasteiger partial charge is 0.338 e. The normalized spacial score (nSPS) is 14.1. The summed E-state index contributed by atoms with van der Waals surface area (Å²) in [4.78, 5) is 25.0. The number of hydrogen-bond donors (Lipinski definition) is 3. The summed E-state index contributed by atoms with van der Waals surface area (Å²) in [5, 5.41) is 12.6. The van der Waals surface area contributed by atoms with Crippen LogP contribution in [-0.2, 0) is 4.79 Å². The Morgan fingerprint density at radius 2 is 1.83 bits per heavy atom. The number of carbonyl (C=O) groups excluding carboxylic acids is 1. The molecule has 0 atom stereocenters. The predicted octanol–water partition coefficient (Wildman–Crippen LogP) is 7.88. The summed E-state index contributed by atoms with van der Waals surface area (Å²) in [7, 11) is 0. The minimum Gasteiger partial charge on any atom is -0.338 e. The Morgan fingerprint density at radius 1 is 0.927 bits per heavy atom. The van der Waals surface area contributed by atoms with Crippen LogP contribution >= 0.6 is 0 Å². The van der Waals surface area contributed by atoms with Gasteiger partial charge in [-0.05, 0) is 77.9 Å². The van der Waals surface area contributed by atoms with Crippen LogP contribution in [0.2, 0.25) is 0 Å². The lowest BCUT2D eigenvalue weighted by atomic mass is 9.87. The van der Waals surface area contributed by atoms with Crippen LogP contribution in [0.4, 0.5) is 10.1 Å². The first-order valence-electron chi connectivity index (χ1n) is 14.1. The van der Waals surface area contributed by atoms with Gasteiger partial charge < -0.3 is 10.3 Å². The van der Waals surface area contributed by atoms with Gasteiger partial charge in [0, 0.05) is 35.2 Å². The minimum atomic E-state index is -0.281. The number of aromatic nitrogens is 5. The third-order valence-electron chi connectivity index (χ3n) is 8.04. The number of H-pyrrole nitrogens is 2. The number of rotatable bonds is 6. The van der Waals surface area contributed by atoms with E-state index in [1.165, 1.54) is 31.4 Å². The standard InChI is InChI=1S/C33H29FN6O/c34-24-8-4-7-22(14-24)26-11-12-36-33-27(26)17-30(38-33)32-28-16-21(9-10-29(28)39-40-32)23-15-25(19-35-18-23)37-31(41)13-20-5-2-1-3-6-20/h4,7-12,14-20H,1-3,5-6,13H2,(H,36,38)(H,37,41)(H,39,40). The second-order valence-corrected chi connectivity index (χ2v) is 10.9. The van der Waals surface area contributed by atoms with E-state index in [4.69, 9.17) is 0 Å². The van der Waals surface area contributed by atoms with Gasteiger partial charge in [-0.3, -0.25) is 14.9 Å². The first kappa shape index (κ1) is 25.1. The molecule has 0 spiro atoms. The summed E-state index contributed by atoms with van der Waals surface area (Å²) in [6, 6.07) is 18.5. The van der Waals surface area contributed by atoms with Crippen molar-refractivity contribution < 1.29 is 9.18 Å². The van der Waals surface area contributed by atoms with Gasteiger partial charge in [-0.1, -0.05) is 37.5 Å². The van der Waals surface area contributed by atoms with Gasteiger partial charge in [-0.15, -0.1) is 0 Å². The Bertz CT molecular complexity index is 1880. The van der Waals surface area contributed by atoms with Crippen LogP contribution < -0.4 is 5.32 Å². The zero-order chi connectivity index (χ0) is 27.8. The first-order valence-corrected chi connectivity index (χ1v) is 14.1. The Hall–Kier alpha value is -4.85. The van der Waals surface area contributed by atoms with E-state index in [-0.39, 0.29) is 11.7 Å². The van der Waals surface area contributed by atoms with Crippen molar-refractivity contribution in [1.29, 1.82) is 0 Å². The van der Waals surface area contributed by atoms with Crippen LogP contribution in [0.1, 0.15) is 38.5 Å². The van der Waals surface area contributed by atoms with Crippen molar-refractivity contribution >= 4 is 33.5 Å². The molecule has 7 nitrogen and oxygen atoms in total. The van der Waals surface area contributed by atoms with E-state index in [0.29, 0.717) is 23.7 Å². The summed E-state index contributed by atoms with van der Waals surface area (Å²) >= 11 is 0. The number of nitrogens with zero attached hydrogens (tertiary/aromatic N) is 3. The maximum Gasteiger partial charge on any atom is 0.224 e. The van der Waals surface area contributed by atoms with Crippen LogP contribution in [0.5, 0.6) is 0 Å². The number of anilines is 1. The van der Waals surface area contributed by atoms with Crippen molar-refractivity contribution in [3.05, 3.63) is 85.1 Å². The Labute approximate surface area is 236 Å². The van der Waals surface area contributed by atoms with Gasteiger partial charge in [-0.25, -0.2) is 9.37 Å². The highest BCUT2D eigenvalue weighted by Gasteiger charge is 2.18. The highest BCUT2D eigenvalue weighted by Crippen LogP contribution is 2.35. The molecule has 0 aliphatic heterocycles. The molecule has 1 saturated carbocycles. The van der Waals surface area contributed by atoms with Crippen LogP contribution in [0.15, 0.2) is 79.3 Å². The van der Waals surface area contributed by atoms with E-state index < -0.39 is 0 Å². The van der Waals surface area contributed by atoms with Crippen molar-refractivity contribution in [2.24, 2.45) is 5.92 Å². The Kier molecular flexibility index (Phi) is 6.51. The molecule has 0 bridgehead atoms. The van der Waals surface area contributed by atoms with Gasteiger partial charge in [0.25, 0.3) is 0 Å². The zero-order valence-electron chi connectivity index (χ0n) is 22.5. The van der Waals surface area contributed by atoms with Gasteiger partial charge in [0.2, 0.25) is 5.91 Å². The summed E-state index contributed by atoms with van der Waals surface area (Å²) in [6.45, 7) is 0. The monoisotopic (exact) mass is 544 g/mol. The zero-order valence-corrected chi connectivity index (χ0v) is 22.5. The maximum atomic E-state index is 14.0. The molecule has 0 saturated heterocycles. The van der Waals surface area contributed by atoms with Crippen LogP contribution in [-0.4, -0.2) is 31.1 Å². The van der Waals surface area contributed by atoms with E-state index in [2.05, 4.69) is 36.5 Å². The molecule has 6 aromatic rings. The predicted molar refractivity (Wildman–Crippen MR) is 160 cm³/mol. The second kappa shape index (κ2) is 10.6. The number of carbonyl (C=O) groups is 1. The molecule has 41 heavy (non-hydrogen) atoms. The van der Waals surface area contributed by atoms with E-state index in [9.17, 15) is 9.18 Å². The summed E-state index contributed by atoms with van der Waals surface area (Å²) < 4.78 is 14.0. The number of aromatic amines is 2. The molecule has 0 unspecified atom stereocenters. The first-order chi connectivity index (χ1) is 20.1. The molecule has 1 fully saturated rings. The second-order valence-electron chi connectivity index (χ2n) is 10.9. The fraction of sp³-hybridized carbons (Fsp3) is 0.212. The van der Waals surface area contributed by atoms with Crippen molar-refractivity contribution in [3.8, 4) is 33.6 Å². The molecule has 1 amide bonds. The lowest BCUT2D eigenvalue weighted by Crippen LogP contribution is -2.18. The van der Waals surface area contributed by atoms with Crippen molar-refractivity contribution in [2.75, 3.05) is 5.32 Å². The van der Waals surface area contributed by atoms with Gasteiger partial charge in [-0.2, -0.15) is 5.10 Å². The number of amides is 1. The topological polar surface area (TPSA) is 99.3 Å². The number of hydrogen-bond acceptors (Lipinski definition) is 4. The lowest BCUT2D eigenvalue weighted by molar-refractivity contribution is -0.117. The fourth-order valence-electron chi connectivity index (χ4n) is 5.99. The quantitative estimate of drug-likeness (QED) is 0.199. The van der Waals surface area contributed by atoms with Crippen molar-refractivity contribution in [2.45, 2.75) is 38.5 Å². The summed E-state index contributed by atoms with van der Waals surface area (Å²) in [5.41, 5.74) is 7.41. The molecule has 3 N–H and O–H groups in total. The van der Waals surface area contributed by atoms with E-state index in [0.717, 1.165) is 62.8 Å². The molecule has 204 valence electrons. The molecule has 1 aliphatic carbocycles. The number of fused-ring (bicyclic) bond motifs is 2. The third-order valence-corrected chi connectivity index (χ3v) is 8.04. The van der Waals surface area contributed by atoms with Crippen LogP contribution in [0.3, 0.4) is 0 Å². The SMILES string of the molecule is O=C(CC1CCCCC1)Nc1cncc(-c2ccc3[nH]nc(-c4cc5c(-c6cccc(F)c6)ccnc5[nH]4)c3c2)c1. The van der Waals surface area contributed by atoms with Crippen LogP contribution in [0.25, 0.3) is 55.6 Å². The van der Waals surface area contributed by atoms with Crippen molar-refractivity contribution in [3.63, 3.8) is 0 Å². The molecule has 4 heterocycles. The lowest BCUT2D eigenvalue weighted by Gasteiger charge is -2.20. The van der Waals surface area contributed by atoms with Gasteiger partial charge in [0.15, 0.2) is 0 Å². The van der Waals surface area contributed by atoms with Crippen LogP contribution in [0, 0.1) is 11.7 Å². The number of benzene rings is 2. The molecule has 8 heteroatoms. The molecule has 7 rings (SSSR count). The smallest absolute Gasteiger partial charge is 0.224 e.